The van der Waals surface area contributed by atoms with Crippen LogP contribution in [-0.4, -0.2) is 16.3 Å². The third kappa shape index (κ3) is 3.53. The van der Waals surface area contributed by atoms with E-state index in [-0.39, 0.29) is 12.2 Å². The first kappa shape index (κ1) is 21.7. The average Bonchev–Trinajstić information content (AvgIpc) is 3.12. The topological polar surface area (TPSA) is 40.5 Å². The van der Waals surface area contributed by atoms with Crippen LogP contribution in [0.5, 0.6) is 0 Å². The average molecular weight is 423 g/mol. The van der Waals surface area contributed by atoms with Crippen LogP contribution in [0.25, 0.3) is 0 Å². The Balaban J connectivity index is 1.33. The van der Waals surface area contributed by atoms with Gasteiger partial charge in [0.1, 0.15) is 0 Å². The maximum atomic E-state index is 10.9. The molecule has 5 rings (SSSR count). The molecule has 0 spiro atoms. The van der Waals surface area contributed by atoms with Gasteiger partial charge in [0.25, 0.3) is 0 Å². The van der Waals surface area contributed by atoms with Gasteiger partial charge in [-0.1, -0.05) is 62.8 Å². The van der Waals surface area contributed by atoms with Crippen LogP contribution in [0.15, 0.2) is 42.0 Å². The van der Waals surface area contributed by atoms with Crippen molar-refractivity contribution in [1.82, 2.24) is 0 Å². The molecule has 0 amide bonds. The molecule has 2 N–H and O–H groups in total. The van der Waals surface area contributed by atoms with Crippen LogP contribution >= 0.6 is 0 Å². The van der Waals surface area contributed by atoms with Gasteiger partial charge in [0.05, 0.1) is 12.2 Å². The van der Waals surface area contributed by atoms with Gasteiger partial charge in [-0.25, -0.2) is 0 Å². The third-order valence-corrected chi connectivity index (χ3v) is 10.6. The number of hydrogen-bond donors (Lipinski definition) is 2. The summed E-state index contributed by atoms with van der Waals surface area (Å²) in [6.45, 7) is 7.53. The fraction of sp³-hybridized carbons (Fsp3) is 0.724. The second kappa shape index (κ2) is 8.03. The molecule has 0 aliphatic heterocycles. The van der Waals surface area contributed by atoms with E-state index in [1.165, 1.54) is 38.5 Å². The van der Waals surface area contributed by atoms with Gasteiger partial charge in [0.2, 0.25) is 0 Å². The van der Waals surface area contributed by atoms with E-state index in [4.69, 9.17) is 0 Å². The summed E-state index contributed by atoms with van der Waals surface area (Å²) in [4.78, 5) is 0. The molecular weight excluding hydrogens is 380 g/mol. The van der Waals surface area contributed by atoms with E-state index in [2.05, 4.69) is 39.0 Å². The normalized spacial score (nSPS) is 43.9. The van der Waals surface area contributed by atoms with E-state index in [0.717, 1.165) is 48.5 Å². The Morgan fingerprint density at radius 1 is 1.00 bits per heavy atom. The Morgan fingerprint density at radius 2 is 1.77 bits per heavy atom. The molecule has 0 bridgehead atoms. The molecular formula is C29H42O2. The van der Waals surface area contributed by atoms with Crippen LogP contribution in [0, 0.1) is 40.4 Å². The summed E-state index contributed by atoms with van der Waals surface area (Å²) in [5.74, 6) is 3.73. The molecule has 3 saturated carbocycles. The minimum atomic E-state index is -0.345. The largest absolute Gasteiger partial charge is 0.393 e. The summed E-state index contributed by atoms with van der Waals surface area (Å²) in [5.41, 5.74) is 3.39. The van der Waals surface area contributed by atoms with Gasteiger partial charge in [-0.15, -0.1) is 0 Å². The molecule has 31 heavy (non-hydrogen) atoms. The lowest BCUT2D eigenvalue weighted by molar-refractivity contribution is -0.0594. The maximum absolute atomic E-state index is 10.9. The highest BCUT2D eigenvalue weighted by Crippen LogP contribution is 2.67. The summed E-state index contributed by atoms with van der Waals surface area (Å²) < 4.78 is 0. The standard InChI is InChI=1S/C29H42O2/c1-19(17-27(31)20-7-5-4-6-8-20)24-11-12-25-23-10-9-21-18-22(30)13-15-28(21,2)26(23)14-16-29(24,25)3/h4-9,19,22-27,30-31H,10-18H2,1-3H3/t19-,22+,23?,24?,25?,26?,27+,28+,29-/m1/s1. The van der Waals surface area contributed by atoms with Gasteiger partial charge < -0.3 is 10.2 Å². The zero-order valence-corrected chi connectivity index (χ0v) is 19.8. The van der Waals surface area contributed by atoms with Gasteiger partial charge in [0, 0.05) is 0 Å². The van der Waals surface area contributed by atoms with E-state index in [0.29, 0.717) is 16.7 Å². The van der Waals surface area contributed by atoms with Crippen molar-refractivity contribution in [2.45, 2.75) is 90.8 Å². The number of fused-ring (bicyclic) bond motifs is 5. The van der Waals surface area contributed by atoms with Gasteiger partial charge in [-0.3, -0.25) is 0 Å². The number of benzene rings is 1. The van der Waals surface area contributed by atoms with Crippen molar-refractivity contribution in [3.05, 3.63) is 47.5 Å². The summed E-state index contributed by atoms with van der Waals surface area (Å²) in [7, 11) is 0. The lowest BCUT2D eigenvalue weighted by Crippen LogP contribution is -2.50. The van der Waals surface area contributed by atoms with Crippen LogP contribution in [0.1, 0.15) is 90.2 Å². The molecule has 2 nitrogen and oxygen atoms in total. The molecule has 4 unspecified atom stereocenters. The number of aliphatic hydroxyl groups is 2. The smallest absolute Gasteiger partial charge is 0.0792 e. The first-order chi connectivity index (χ1) is 14.8. The molecule has 1 aromatic carbocycles. The maximum Gasteiger partial charge on any atom is 0.0792 e. The molecule has 0 aromatic heterocycles. The summed E-state index contributed by atoms with van der Waals surface area (Å²) in [6, 6.07) is 10.2. The van der Waals surface area contributed by atoms with Crippen molar-refractivity contribution < 1.29 is 10.2 Å². The fourth-order valence-corrected chi connectivity index (χ4v) is 8.94. The highest BCUT2D eigenvalue weighted by atomic mass is 16.3. The minimum absolute atomic E-state index is 0.113. The van der Waals surface area contributed by atoms with Gasteiger partial charge >= 0.3 is 0 Å². The lowest BCUT2D eigenvalue weighted by Gasteiger charge is -2.58. The van der Waals surface area contributed by atoms with Gasteiger partial charge in [0.15, 0.2) is 0 Å². The van der Waals surface area contributed by atoms with Crippen molar-refractivity contribution in [2.24, 2.45) is 40.4 Å². The summed E-state index contributed by atoms with van der Waals surface area (Å²) in [5, 5.41) is 21.1. The van der Waals surface area contributed by atoms with Gasteiger partial charge in [-0.05, 0) is 104 Å². The Kier molecular flexibility index (Phi) is 5.62. The van der Waals surface area contributed by atoms with Crippen LogP contribution in [0.3, 0.4) is 0 Å². The number of rotatable bonds is 4. The first-order valence-electron chi connectivity index (χ1n) is 12.9. The van der Waals surface area contributed by atoms with E-state index < -0.39 is 0 Å². The molecule has 170 valence electrons. The molecule has 3 fully saturated rings. The Morgan fingerprint density at radius 3 is 2.55 bits per heavy atom. The molecule has 0 heterocycles. The number of allylic oxidation sites excluding steroid dienone is 1. The molecule has 4 aliphatic rings. The predicted molar refractivity (Wildman–Crippen MR) is 126 cm³/mol. The number of aliphatic hydroxyl groups excluding tert-OH is 2. The van der Waals surface area contributed by atoms with Crippen molar-refractivity contribution >= 4 is 0 Å². The van der Waals surface area contributed by atoms with E-state index >= 15 is 0 Å². The zero-order chi connectivity index (χ0) is 21.8. The Labute approximate surface area is 189 Å². The van der Waals surface area contributed by atoms with E-state index in [1.807, 2.05) is 18.2 Å². The minimum Gasteiger partial charge on any atom is -0.393 e. The Bertz CT molecular complexity index is 815. The molecule has 0 saturated heterocycles. The van der Waals surface area contributed by atoms with Gasteiger partial charge in [-0.2, -0.15) is 0 Å². The van der Waals surface area contributed by atoms with Crippen molar-refractivity contribution in [3.63, 3.8) is 0 Å². The molecule has 1 aromatic rings. The zero-order valence-electron chi connectivity index (χ0n) is 19.8. The van der Waals surface area contributed by atoms with Crippen molar-refractivity contribution in [1.29, 1.82) is 0 Å². The van der Waals surface area contributed by atoms with Crippen molar-refractivity contribution in [2.75, 3.05) is 0 Å². The summed E-state index contributed by atoms with van der Waals surface area (Å²) >= 11 is 0. The van der Waals surface area contributed by atoms with Crippen LogP contribution in [-0.2, 0) is 0 Å². The van der Waals surface area contributed by atoms with Crippen LogP contribution in [0.4, 0.5) is 0 Å². The lowest BCUT2D eigenvalue weighted by atomic mass is 9.47. The Hall–Kier alpha value is -1.12. The quantitative estimate of drug-likeness (QED) is 0.531. The molecule has 4 aliphatic carbocycles. The van der Waals surface area contributed by atoms with E-state index in [1.54, 1.807) is 5.57 Å². The SMILES string of the molecule is C[C@H](C[C@H](O)c1ccccc1)C1CCC2C3CC=C4C[C@@H](O)CC[C@]4(C)C3CC[C@@]21C. The second-order valence-corrected chi connectivity index (χ2v) is 12.0. The predicted octanol–water partition coefficient (Wildman–Crippen LogP) is 6.69. The fourth-order valence-electron chi connectivity index (χ4n) is 8.94. The molecule has 2 heteroatoms. The third-order valence-electron chi connectivity index (χ3n) is 10.6. The van der Waals surface area contributed by atoms with E-state index in [9.17, 15) is 10.2 Å². The highest BCUT2D eigenvalue weighted by Gasteiger charge is 2.59. The molecule has 9 atom stereocenters. The number of hydrogen-bond acceptors (Lipinski definition) is 2. The first-order valence-corrected chi connectivity index (χ1v) is 12.9. The van der Waals surface area contributed by atoms with Crippen molar-refractivity contribution in [3.8, 4) is 0 Å². The molecule has 0 radical (unpaired) electrons. The summed E-state index contributed by atoms with van der Waals surface area (Å²) in [6.07, 6.45) is 12.7. The van der Waals surface area contributed by atoms with Crippen LogP contribution < -0.4 is 0 Å². The highest BCUT2D eigenvalue weighted by molar-refractivity contribution is 5.25. The monoisotopic (exact) mass is 422 g/mol. The second-order valence-electron chi connectivity index (χ2n) is 12.0. The van der Waals surface area contributed by atoms with Crippen LogP contribution in [0.2, 0.25) is 0 Å².